The number of benzene rings is 2. The lowest BCUT2D eigenvalue weighted by Crippen LogP contribution is -2.46. The Morgan fingerprint density at radius 2 is 1.85 bits per heavy atom. The Hall–Kier alpha value is -4.04. The maximum absolute atomic E-state index is 15.3. The number of aliphatic hydroxyl groups is 1. The van der Waals surface area contributed by atoms with Gasteiger partial charge in [-0.15, -0.1) is 0 Å². The molecule has 1 aliphatic carbocycles. The maximum atomic E-state index is 15.3. The number of carbonyl (C=O) groups is 1. The van der Waals surface area contributed by atoms with Gasteiger partial charge in [-0.25, -0.2) is 13.8 Å². The fourth-order valence-corrected chi connectivity index (χ4v) is 6.38. The van der Waals surface area contributed by atoms with Gasteiger partial charge in [0.05, 0.1) is 17.9 Å². The molecule has 0 amide bonds. The number of alkyl halides is 3. The largest absolute Gasteiger partial charge is 0.493 e. The van der Waals surface area contributed by atoms with Gasteiger partial charge in [0, 0.05) is 31.0 Å². The van der Waals surface area contributed by atoms with Crippen LogP contribution in [0.15, 0.2) is 29.1 Å². The molecule has 5 atom stereocenters. The molecule has 1 fully saturated rings. The first-order chi connectivity index (χ1) is 22.0. The highest BCUT2D eigenvalue weighted by Crippen LogP contribution is 2.48. The van der Waals surface area contributed by atoms with Crippen molar-refractivity contribution in [2.75, 3.05) is 18.6 Å². The summed E-state index contributed by atoms with van der Waals surface area (Å²) in [7, 11) is 2.74. The summed E-state index contributed by atoms with van der Waals surface area (Å²) in [6.07, 6.45) is -5.58. The number of hydrogen-bond acceptors (Lipinski definition) is 7. The first kappa shape index (κ1) is 34.3. The van der Waals surface area contributed by atoms with E-state index in [4.69, 9.17) is 4.74 Å². The van der Waals surface area contributed by atoms with Crippen molar-refractivity contribution < 1.29 is 41.7 Å². The van der Waals surface area contributed by atoms with Crippen LogP contribution >= 0.6 is 0 Å². The second kappa shape index (κ2) is 12.9. The zero-order valence-corrected chi connectivity index (χ0v) is 26.6. The molecule has 47 heavy (non-hydrogen) atoms. The second-order valence-electron chi connectivity index (χ2n) is 12.5. The molecule has 2 aliphatic rings. The standard InChI is InChI=1S/C33H37F5N4O5/c1-15-11-22(15)29(33(36,37)38)42(5)19-13-23(34)26(24(35)14-19)30(43)40-25(32(45)46)12-18-8-9-21(28-20(18)7-6-10-47-28)27-31(44)41(4)17(3)16(2)39-27/h8-9,13-15,22,25,29-30,40,43H,6-7,10-12H2,1-5H3,(H,45,46)/t15-,22+,25-,29+,30?/m0/s1. The predicted molar refractivity (Wildman–Crippen MR) is 163 cm³/mol. The van der Waals surface area contributed by atoms with Crippen LogP contribution in [-0.2, 0) is 24.7 Å². The molecule has 9 nitrogen and oxygen atoms in total. The average Bonchev–Trinajstić information content (AvgIpc) is 3.71. The Kier molecular flexibility index (Phi) is 9.39. The Bertz CT molecular complexity index is 1740. The third kappa shape index (κ3) is 6.71. The van der Waals surface area contributed by atoms with E-state index in [0.29, 0.717) is 71.8 Å². The van der Waals surface area contributed by atoms with Crippen LogP contribution in [0.2, 0.25) is 0 Å². The number of hydrogen-bond donors (Lipinski definition) is 3. The summed E-state index contributed by atoms with van der Waals surface area (Å²) < 4.78 is 79.5. The normalized spacial score (nSPS) is 19.4. The third-order valence-corrected chi connectivity index (χ3v) is 9.40. The molecule has 2 aromatic carbocycles. The molecule has 1 unspecified atom stereocenters. The van der Waals surface area contributed by atoms with E-state index >= 15 is 8.78 Å². The molecule has 3 aromatic rings. The van der Waals surface area contributed by atoms with E-state index in [0.717, 1.165) is 11.9 Å². The number of aryl methyl sites for hydroxylation is 1. The van der Waals surface area contributed by atoms with E-state index in [1.54, 1.807) is 40.0 Å². The number of carboxylic acid groups (broad SMARTS) is 1. The smallest absolute Gasteiger partial charge is 0.409 e. The number of carboxylic acids is 1. The molecule has 14 heteroatoms. The number of nitrogens with one attached hydrogen (secondary N) is 1. The number of ether oxygens (including phenoxy) is 1. The van der Waals surface area contributed by atoms with Gasteiger partial charge in [-0.05, 0) is 80.7 Å². The Morgan fingerprint density at radius 3 is 2.43 bits per heavy atom. The van der Waals surface area contributed by atoms with Crippen LogP contribution in [0.1, 0.15) is 54.1 Å². The van der Waals surface area contributed by atoms with E-state index < -0.39 is 53.6 Å². The lowest BCUT2D eigenvalue weighted by molar-refractivity contribution is -0.153. The minimum Gasteiger partial charge on any atom is -0.493 e. The summed E-state index contributed by atoms with van der Waals surface area (Å²) in [5.41, 5.74) is 1.52. The topological polar surface area (TPSA) is 117 Å². The van der Waals surface area contributed by atoms with Crippen LogP contribution < -0.4 is 20.5 Å². The Labute approximate surface area is 268 Å². The van der Waals surface area contributed by atoms with Crippen molar-refractivity contribution in [2.45, 2.75) is 70.9 Å². The monoisotopic (exact) mass is 664 g/mol. The van der Waals surface area contributed by atoms with Gasteiger partial charge in [0.2, 0.25) is 0 Å². The molecule has 0 radical (unpaired) electrons. The van der Waals surface area contributed by atoms with Gasteiger partial charge < -0.3 is 24.4 Å². The highest BCUT2D eigenvalue weighted by molar-refractivity contribution is 5.75. The zero-order chi connectivity index (χ0) is 34.5. The predicted octanol–water partition coefficient (Wildman–Crippen LogP) is 4.97. The van der Waals surface area contributed by atoms with Gasteiger partial charge in [0.25, 0.3) is 5.56 Å². The van der Waals surface area contributed by atoms with Gasteiger partial charge >= 0.3 is 12.1 Å². The Morgan fingerprint density at radius 1 is 1.21 bits per heavy atom. The van der Waals surface area contributed by atoms with E-state index in [-0.39, 0.29) is 29.3 Å². The van der Waals surface area contributed by atoms with Crippen molar-refractivity contribution in [3.8, 4) is 17.0 Å². The van der Waals surface area contributed by atoms with Crippen LogP contribution in [0, 0.1) is 37.3 Å². The number of aliphatic carboxylic acids is 1. The van der Waals surface area contributed by atoms with Crippen molar-refractivity contribution in [1.82, 2.24) is 14.9 Å². The molecule has 254 valence electrons. The third-order valence-electron chi connectivity index (χ3n) is 9.40. The van der Waals surface area contributed by atoms with Gasteiger partial charge in [0.1, 0.15) is 41.4 Å². The maximum Gasteiger partial charge on any atom is 0.409 e. The van der Waals surface area contributed by atoms with Gasteiger partial charge in [-0.2, -0.15) is 13.2 Å². The van der Waals surface area contributed by atoms with Gasteiger partial charge in [0.15, 0.2) is 0 Å². The van der Waals surface area contributed by atoms with E-state index in [9.17, 15) is 33.0 Å². The zero-order valence-electron chi connectivity index (χ0n) is 26.6. The SMILES string of the molecule is Cc1nc(-c2ccc(C[C@H](NC(O)c3c(F)cc(N(C)[C@H]([C@@H]4C[C@@H]4C)C(F)(F)F)cc3F)C(=O)O)c3c2OCCC3)c(=O)n(C)c1C. The second-order valence-corrected chi connectivity index (χ2v) is 12.5. The molecular weight excluding hydrogens is 627 g/mol. The van der Waals surface area contributed by atoms with Crippen LogP contribution in [0.25, 0.3) is 11.3 Å². The minimum absolute atomic E-state index is 0.178. The summed E-state index contributed by atoms with van der Waals surface area (Å²) in [5.74, 6) is -4.62. The average molecular weight is 665 g/mol. The molecule has 0 bridgehead atoms. The number of fused-ring (bicyclic) bond motifs is 1. The molecule has 0 saturated heterocycles. The first-order valence-corrected chi connectivity index (χ1v) is 15.3. The molecule has 0 spiro atoms. The van der Waals surface area contributed by atoms with Crippen molar-refractivity contribution in [1.29, 1.82) is 0 Å². The molecule has 2 heterocycles. The van der Waals surface area contributed by atoms with Gasteiger partial charge in [-0.3, -0.25) is 14.9 Å². The number of rotatable bonds is 10. The minimum atomic E-state index is -4.64. The van der Waals surface area contributed by atoms with Crippen molar-refractivity contribution in [2.24, 2.45) is 18.9 Å². The van der Waals surface area contributed by atoms with Crippen molar-refractivity contribution in [3.05, 3.63) is 74.3 Å². The fraction of sp³-hybridized carbons (Fsp3) is 0.485. The lowest BCUT2D eigenvalue weighted by Gasteiger charge is -2.32. The fourth-order valence-electron chi connectivity index (χ4n) is 6.38. The van der Waals surface area contributed by atoms with Crippen LogP contribution in [-0.4, -0.2) is 57.6 Å². The summed E-state index contributed by atoms with van der Waals surface area (Å²) in [4.78, 5) is 30.7. The summed E-state index contributed by atoms with van der Waals surface area (Å²) in [6.45, 7) is 5.59. The number of nitrogens with zero attached hydrogens (tertiary/aromatic N) is 3. The number of halogens is 5. The molecule has 1 aromatic heterocycles. The Balaban J connectivity index is 1.41. The number of anilines is 1. The summed E-state index contributed by atoms with van der Waals surface area (Å²) in [5, 5.41) is 23.2. The highest BCUT2D eigenvalue weighted by Gasteiger charge is 2.55. The first-order valence-electron chi connectivity index (χ1n) is 15.3. The molecular formula is C33H37F5N4O5. The molecule has 1 aliphatic heterocycles. The van der Waals surface area contributed by atoms with Crippen LogP contribution in [0.3, 0.4) is 0 Å². The van der Waals surface area contributed by atoms with E-state index in [1.165, 1.54) is 4.57 Å². The molecule has 3 N–H and O–H groups in total. The van der Waals surface area contributed by atoms with Crippen LogP contribution in [0.4, 0.5) is 27.6 Å². The van der Waals surface area contributed by atoms with Crippen molar-refractivity contribution in [3.63, 3.8) is 0 Å². The van der Waals surface area contributed by atoms with Crippen molar-refractivity contribution >= 4 is 11.7 Å². The van der Waals surface area contributed by atoms with Crippen LogP contribution in [0.5, 0.6) is 5.75 Å². The summed E-state index contributed by atoms with van der Waals surface area (Å²) >= 11 is 0. The lowest BCUT2D eigenvalue weighted by atomic mass is 9.91. The highest BCUT2D eigenvalue weighted by atomic mass is 19.4. The van der Waals surface area contributed by atoms with Gasteiger partial charge in [-0.1, -0.05) is 13.0 Å². The van der Waals surface area contributed by atoms with E-state index in [2.05, 4.69) is 10.3 Å². The molecule has 1 saturated carbocycles. The summed E-state index contributed by atoms with van der Waals surface area (Å²) in [6, 6.07) is 1.15. The number of aromatic nitrogens is 2. The molecule has 5 rings (SSSR count). The quantitative estimate of drug-likeness (QED) is 0.206. The number of aliphatic hydroxyl groups excluding tert-OH is 1. The van der Waals surface area contributed by atoms with E-state index in [1.807, 2.05) is 0 Å².